The third-order valence-corrected chi connectivity index (χ3v) is 6.51. The lowest BCUT2D eigenvalue weighted by Crippen LogP contribution is -2.25. The van der Waals surface area contributed by atoms with Gasteiger partial charge in [-0.25, -0.2) is 0 Å². The minimum absolute atomic E-state index is 0.262. The summed E-state index contributed by atoms with van der Waals surface area (Å²) in [5, 5.41) is 1.35. The van der Waals surface area contributed by atoms with Crippen LogP contribution in [-0.4, -0.2) is 15.6 Å². The molecule has 2 atom stereocenters. The van der Waals surface area contributed by atoms with Crippen LogP contribution < -0.4 is 0 Å². The van der Waals surface area contributed by atoms with Crippen LogP contribution in [0.3, 0.4) is 0 Å². The van der Waals surface area contributed by atoms with Gasteiger partial charge in [0.2, 0.25) is 0 Å². The molecular weight excluding hydrogens is 272 g/mol. The van der Waals surface area contributed by atoms with E-state index in [0.29, 0.717) is 10.5 Å². The number of rotatable bonds is 3. The van der Waals surface area contributed by atoms with E-state index in [1.165, 1.54) is 41.7 Å². The van der Waals surface area contributed by atoms with Crippen LogP contribution in [0.2, 0.25) is 0 Å². The smallest absolute Gasteiger partial charge is 0.186 e. The maximum atomic E-state index is 11.4. The Morgan fingerprint density at radius 3 is 2.53 bits per heavy atom. The van der Waals surface area contributed by atoms with Crippen LogP contribution in [0.4, 0.5) is 0 Å². The molecule has 3 heteroatoms. The highest BCUT2D eigenvalue weighted by atomic mass is 32.2. The van der Waals surface area contributed by atoms with Gasteiger partial charge in [0.15, 0.2) is 5.12 Å². The molecule has 1 aromatic rings. The fourth-order valence-corrected chi connectivity index (χ4v) is 5.28. The van der Waals surface area contributed by atoms with Crippen LogP contribution in [0.5, 0.6) is 0 Å². The normalized spacial score (nSPS) is 23.3. The second kappa shape index (κ2) is 6.85. The Hall–Kier alpha value is -0.410. The summed E-state index contributed by atoms with van der Waals surface area (Å²) in [6, 6.07) is 6.65. The van der Waals surface area contributed by atoms with Crippen molar-refractivity contribution in [2.75, 3.05) is 0 Å². The predicted molar refractivity (Wildman–Crippen MR) is 86.1 cm³/mol. The summed E-state index contributed by atoms with van der Waals surface area (Å²) in [5.41, 5.74) is 2.67. The van der Waals surface area contributed by atoms with Gasteiger partial charge in [-0.15, -0.1) is 11.8 Å². The van der Waals surface area contributed by atoms with Crippen molar-refractivity contribution in [1.29, 1.82) is 0 Å². The van der Waals surface area contributed by atoms with Crippen LogP contribution in [0.1, 0.15) is 43.7 Å². The monoisotopic (exact) mass is 294 g/mol. The van der Waals surface area contributed by atoms with Gasteiger partial charge in [0.1, 0.15) is 0 Å². The molecule has 1 fully saturated rings. The third-order valence-electron chi connectivity index (χ3n) is 3.58. The number of hydrogen-bond donors (Lipinski definition) is 0. The average Bonchev–Trinajstić information content (AvgIpc) is 2.35. The lowest BCUT2D eigenvalue weighted by molar-refractivity contribution is -0.109. The van der Waals surface area contributed by atoms with Gasteiger partial charge in [-0.1, -0.05) is 42.3 Å². The van der Waals surface area contributed by atoms with Gasteiger partial charge in [-0.3, -0.25) is 4.79 Å². The lowest BCUT2D eigenvalue weighted by atomic mass is 10.00. The molecule has 0 spiro atoms. The van der Waals surface area contributed by atoms with Gasteiger partial charge in [0.25, 0.3) is 0 Å². The van der Waals surface area contributed by atoms with Crippen LogP contribution >= 0.6 is 23.5 Å². The SMILES string of the molecule is CC(=O)SC1CCCCC1Sc1cc(C)ccc1C. The molecule has 1 nitrogen and oxygen atoms in total. The number of benzene rings is 1. The van der Waals surface area contributed by atoms with Crippen LogP contribution in [0.25, 0.3) is 0 Å². The van der Waals surface area contributed by atoms with Crippen molar-refractivity contribution in [1.82, 2.24) is 0 Å². The van der Waals surface area contributed by atoms with E-state index in [4.69, 9.17) is 0 Å². The van der Waals surface area contributed by atoms with E-state index in [2.05, 4.69) is 32.0 Å². The molecule has 1 aliphatic rings. The minimum atomic E-state index is 0.262. The molecule has 0 amide bonds. The van der Waals surface area contributed by atoms with Crippen molar-refractivity contribution in [3.05, 3.63) is 29.3 Å². The minimum Gasteiger partial charge on any atom is -0.288 e. The summed E-state index contributed by atoms with van der Waals surface area (Å²) in [7, 11) is 0. The third kappa shape index (κ3) is 4.28. The van der Waals surface area contributed by atoms with Crippen LogP contribution in [0.15, 0.2) is 23.1 Å². The number of carbonyl (C=O) groups excluding carboxylic acids is 1. The molecule has 0 saturated heterocycles. The zero-order valence-corrected chi connectivity index (χ0v) is 13.6. The van der Waals surface area contributed by atoms with Gasteiger partial charge >= 0.3 is 0 Å². The van der Waals surface area contributed by atoms with Crippen LogP contribution in [0, 0.1) is 13.8 Å². The second-order valence-electron chi connectivity index (χ2n) is 5.36. The number of hydrogen-bond acceptors (Lipinski definition) is 3. The molecule has 19 heavy (non-hydrogen) atoms. The van der Waals surface area contributed by atoms with Gasteiger partial charge in [0.05, 0.1) is 0 Å². The first-order chi connectivity index (χ1) is 9.06. The van der Waals surface area contributed by atoms with Gasteiger partial charge in [-0.05, 0) is 38.3 Å². The molecule has 2 rings (SSSR count). The summed E-state index contributed by atoms with van der Waals surface area (Å²) in [4.78, 5) is 12.8. The molecular formula is C16H22OS2. The highest BCUT2D eigenvalue weighted by molar-refractivity contribution is 8.15. The number of thioether (sulfide) groups is 2. The molecule has 1 aliphatic carbocycles. The van der Waals surface area contributed by atoms with Crippen LogP contribution in [-0.2, 0) is 4.79 Å². The summed E-state index contributed by atoms with van der Waals surface area (Å²) in [6.07, 6.45) is 5.00. The maximum Gasteiger partial charge on any atom is 0.186 e. The van der Waals surface area contributed by atoms with E-state index in [1.807, 2.05) is 11.8 Å². The van der Waals surface area contributed by atoms with E-state index >= 15 is 0 Å². The van der Waals surface area contributed by atoms with Crippen molar-refractivity contribution in [2.24, 2.45) is 0 Å². The quantitative estimate of drug-likeness (QED) is 0.782. The lowest BCUT2D eigenvalue weighted by Gasteiger charge is -2.30. The number of carbonyl (C=O) groups is 1. The largest absolute Gasteiger partial charge is 0.288 e. The summed E-state index contributed by atoms with van der Waals surface area (Å²) in [6.45, 7) is 6.02. The highest BCUT2D eigenvalue weighted by Crippen LogP contribution is 2.40. The standard InChI is InChI=1S/C16H22OS2/c1-11-8-9-12(2)16(10-11)19-15-7-5-4-6-14(15)18-13(3)17/h8-10,14-15H,4-7H2,1-3H3. The zero-order chi connectivity index (χ0) is 13.8. The van der Waals surface area contributed by atoms with Crippen molar-refractivity contribution in [3.63, 3.8) is 0 Å². The second-order valence-corrected chi connectivity index (χ2v) is 8.05. The first kappa shape index (κ1) is 15.0. The maximum absolute atomic E-state index is 11.4. The first-order valence-electron chi connectivity index (χ1n) is 6.97. The number of aryl methyl sites for hydroxylation is 2. The Morgan fingerprint density at radius 1 is 1.16 bits per heavy atom. The predicted octanol–water partition coefficient (Wildman–Crippen LogP) is 4.99. The molecule has 1 saturated carbocycles. The van der Waals surface area contributed by atoms with E-state index < -0.39 is 0 Å². The average molecular weight is 294 g/mol. The summed E-state index contributed by atoms with van der Waals surface area (Å²) >= 11 is 3.54. The Morgan fingerprint density at radius 2 is 1.84 bits per heavy atom. The Bertz CT molecular complexity index is 456. The molecule has 1 aromatic carbocycles. The van der Waals surface area contributed by atoms with Gasteiger partial charge in [-0.2, -0.15) is 0 Å². The Kier molecular flexibility index (Phi) is 5.40. The zero-order valence-electron chi connectivity index (χ0n) is 11.9. The van der Waals surface area contributed by atoms with Crippen molar-refractivity contribution in [3.8, 4) is 0 Å². The van der Waals surface area contributed by atoms with E-state index in [1.54, 1.807) is 18.7 Å². The fourth-order valence-electron chi connectivity index (χ4n) is 2.54. The molecule has 2 unspecified atom stereocenters. The Labute approximate surface area is 124 Å². The van der Waals surface area contributed by atoms with E-state index in [9.17, 15) is 4.79 Å². The van der Waals surface area contributed by atoms with E-state index in [-0.39, 0.29) is 5.12 Å². The molecule has 0 N–H and O–H groups in total. The molecule has 0 bridgehead atoms. The molecule has 0 radical (unpaired) electrons. The van der Waals surface area contributed by atoms with Gasteiger partial charge in [0, 0.05) is 22.3 Å². The Balaban J connectivity index is 2.10. The first-order valence-corrected chi connectivity index (χ1v) is 8.73. The van der Waals surface area contributed by atoms with E-state index in [0.717, 1.165) is 0 Å². The molecule has 0 heterocycles. The molecule has 0 aromatic heterocycles. The van der Waals surface area contributed by atoms with Crippen molar-refractivity contribution in [2.45, 2.75) is 61.8 Å². The molecule has 104 valence electrons. The highest BCUT2D eigenvalue weighted by Gasteiger charge is 2.28. The van der Waals surface area contributed by atoms with Gasteiger partial charge < -0.3 is 0 Å². The topological polar surface area (TPSA) is 17.1 Å². The molecule has 0 aliphatic heterocycles. The van der Waals surface area contributed by atoms with Crippen molar-refractivity contribution >= 4 is 28.6 Å². The summed E-state index contributed by atoms with van der Waals surface area (Å²) < 4.78 is 0. The fraction of sp³-hybridized carbons (Fsp3) is 0.562. The van der Waals surface area contributed by atoms with Crippen molar-refractivity contribution < 1.29 is 4.79 Å². The summed E-state index contributed by atoms with van der Waals surface area (Å²) in [5.74, 6) is 0.